The van der Waals surface area contributed by atoms with E-state index in [2.05, 4.69) is 38.1 Å². The monoisotopic (exact) mass is 230 g/mol. The standard InChI is InChI=1S/C9H12AsCl/c1-3-10(11)9-6-4-5-8(2)7-9/h4-7H,3H2,1-2H3. The summed E-state index contributed by atoms with van der Waals surface area (Å²) in [5.41, 5.74) is 1.32. The third kappa shape index (κ3) is 2.54. The number of rotatable bonds is 2. The van der Waals surface area contributed by atoms with Crippen LogP contribution in [0.5, 0.6) is 0 Å². The predicted octanol–water partition coefficient (Wildman–Crippen LogP) is 2.45. The molecule has 2 heteroatoms. The van der Waals surface area contributed by atoms with Crippen LogP contribution in [0.4, 0.5) is 0 Å². The molecule has 0 fully saturated rings. The molecule has 0 heterocycles. The van der Waals surface area contributed by atoms with E-state index in [0.29, 0.717) is 0 Å². The summed E-state index contributed by atoms with van der Waals surface area (Å²) in [4.78, 5) is 0. The summed E-state index contributed by atoms with van der Waals surface area (Å²) in [5, 5.41) is 1.14. The second-order valence-electron chi connectivity index (χ2n) is 2.52. The Bertz CT molecular complexity index is 235. The van der Waals surface area contributed by atoms with Crippen molar-refractivity contribution in [3.8, 4) is 0 Å². The van der Waals surface area contributed by atoms with Gasteiger partial charge >= 0.3 is 76.9 Å². The summed E-state index contributed by atoms with van der Waals surface area (Å²) in [5.74, 6) is 0. The SMILES string of the molecule is CC[As](Cl)c1cccc(C)c1. The Kier molecular flexibility index (Phi) is 3.48. The first-order valence-electron chi connectivity index (χ1n) is 3.74. The van der Waals surface area contributed by atoms with Crippen LogP contribution in [0.3, 0.4) is 0 Å². The van der Waals surface area contributed by atoms with Crippen molar-refractivity contribution in [1.82, 2.24) is 0 Å². The summed E-state index contributed by atoms with van der Waals surface area (Å²) >= 11 is -1.16. The average molecular weight is 231 g/mol. The zero-order chi connectivity index (χ0) is 8.27. The van der Waals surface area contributed by atoms with Crippen molar-refractivity contribution in [2.75, 3.05) is 0 Å². The van der Waals surface area contributed by atoms with E-state index in [0.717, 1.165) is 5.21 Å². The number of hydrogen-bond acceptors (Lipinski definition) is 0. The molecule has 0 aromatic heterocycles. The van der Waals surface area contributed by atoms with E-state index in [9.17, 15) is 0 Å². The van der Waals surface area contributed by atoms with E-state index < -0.39 is 13.7 Å². The molecule has 0 radical (unpaired) electrons. The van der Waals surface area contributed by atoms with Crippen molar-refractivity contribution in [3.05, 3.63) is 29.8 Å². The Balaban J connectivity index is 2.86. The number of benzene rings is 1. The second-order valence-corrected chi connectivity index (χ2v) is 8.57. The first-order chi connectivity index (χ1) is 5.24. The molecule has 0 aliphatic rings. The summed E-state index contributed by atoms with van der Waals surface area (Å²) in [6.07, 6.45) is 0. The van der Waals surface area contributed by atoms with Gasteiger partial charge in [-0.2, -0.15) is 0 Å². The van der Waals surface area contributed by atoms with Crippen LogP contribution in [0.2, 0.25) is 5.21 Å². The first kappa shape index (κ1) is 9.16. The van der Waals surface area contributed by atoms with Gasteiger partial charge in [0.2, 0.25) is 0 Å². The van der Waals surface area contributed by atoms with E-state index in [1.165, 1.54) is 9.91 Å². The first-order valence-corrected chi connectivity index (χ1v) is 8.47. The van der Waals surface area contributed by atoms with Crippen molar-refractivity contribution in [2.24, 2.45) is 0 Å². The molecule has 0 amide bonds. The molecular formula is C9H12AsCl. The van der Waals surface area contributed by atoms with Crippen LogP contribution in [0, 0.1) is 6.92 Å². The van der Waals surface area contributed by atoms with E-state index in [-0.39, 0.29) is 0 Å². The molecule has 0 bridgehead atoms. The van der Waals surface area contributed by atoms with Gasteiger partial charge in [-0.25, -0.2) is 0 Å². The molecule has 0 saturated heterocycles. The number of hydrogen-bond donors (Lipinski definition) is 0. The van der Waals surface area contributed by atoms with Gasteiger partial charge in [0, 0.05) is 0 Å². The Morgan fingerprint density at radius 2 is 2.18 bits per heavy atom. The van der Waals surface area contributed by atoms with Crippen molar-refractivity contribution in [1.29, 1.82) is 0 Å². The molecule has 1 atom stereocenters. The summed E-state index contributed by atoms with van der Waals surface area (Å²) in [7, 11) is 6.21. The zero-order valence-electron chi connectivity index (χ0n) is 6.84. The normalized spacial score (nSPS) is 13.0. The van der Waals surface area contributed by atoms with Crippen molar-refractivity contribution in [3.63, 3.8) is 0 Å². The summed E-state index contributed by atoms with van der Waals surface area (Å²) in [6.45, 7) is 4.27. The van der Waals surface area contributed by atoms with Crippen molar-refractivity contribution >= 4 is 28.0 Å². The molecule has 1 aromatic carbocycles. The Morgan fingerprint density at radius 3 is 2.73 bits per heavy atom. The molecule has 1 aromatic rings. The predicted molar refractivity (Wildman–Crippen MR) is 52.9 cm³/mol. The van der Waals surface area contributed by atoms with Crippen LogP contribution < -0.4 is 4.35 Å². The van der Waals surface area contributed by atoms with Crippen LogP contribution >= 0.6 is 9.95 Å². The molecule has 1 unspecified atom stereocenters. The van der Waals surface area contributed by atoms with Gasteiger partial charge in [-0.05, 0) is 0 Å². The van der Waals surface area contributed by atoms with Crippen molar-refractivity contribution < 1.29 is 0 Å². The van der Waals surface area contributed by atoms with Crippen LogP contribution in [-0.2, 0) is 0 Å². The van der Waals surface area contributed by atoms with Gasteiger partial charge in [0.1, 0.15) is 0 Å². The molecule has 0 aliphatic carbocycles. The molecule has 11 heavy (non-hydrogen) atoms. The van der Waals surface area contributed by atoms with Crippen molar-refractivity contribution in [2.45, 2.75) is 19.1 Å². The van der Waals surface area contributed by atoms with E-state index >= 15 is 0 Å². The van der Waals surface area contributed by atoms with Gasteiger partial charge in [-0.3, -0.25) is 0 Å². The van der Waals surface area contributed by atoms with Gasteiger partial charge in [-0.1, -0.05) is 0 Å². The fourth-order valence-electron chi connectivity index (χ4n) is 0.961. The topological polar surface area (TPSA) is 0 Å². The van der Waals surface area contributed by atoms with E-state index in [4.69, 9.17) is 9.95 Å². The Morgan fingerprint density at radius 1 is 1.45 bits per heavy atom. The quantitative estimate of drug-likeness (QED) is 0.685. The van der Waals surface area contributed by atoms with Gasteiger partial charge in [-0.15, -0.1) is 0 Å². The van der Waals surface area contributed by atoms with E-state index in [1.54, 1.807) is 0 Å². The third-order valence-electron chi connectivity index (χ3n) is 1.56. The molecule has 0 N–H and O–H groups in total. The third-order valence-corrected chi connectivity index (χ3v) is 6.74. The number of halogens is 1. The zero-order valence-corrected chi connectivity index (χ0v) is 9.47. The fraction of sp³-hybridized carbons (Fsp3) is 0.333. The Labute approximate surface area is 77.0 Å². The maximum atomic E-state index is 6.21. The van der Waals surface area contributed by atoms with Gasteiger partial charge in [0.25, 0.3) is 0 Å². The Hall–Kier alpha value is 0.0684. The second kappa shape index (κ2) is 4.18. The van der Waals surface area contributed by atoms with Crippen LogP contribution in [-0.4, -0.2) is 13.7 Å². The molecule has 0 aliphatic heterocycles. The van der Waals surface area contributed by atoms with Gasteiger partial charge < -0.3 is 0 Å². The van der Waals surface area contributed by atoms with Crippen LogP contribution in [0.25, 0.3) is 0 Å². The van der Waals surface area contributed by atoms with Gasteiger partial charge in [0.05, 0.1) is 0 Å². The number of aryl methyl sites for hydroxylation is 1. The minimum atomic E-state index is -1.16. The fourth-order valence-corrected chi connectivity index (χ4v) is 3.51. The summed E-state index contributed by atoms with van der Waals surface area (Å²) < 4.78 is 1.38. The molecular weight excluding hydrogens is 218 g/mol. The molecule has 0 saturated carbocycles. The minimum absolute atomic E-state index is 1.14. The van der Waals surface area contributed by atoms with E-state index in [1.807, 2.05) is 0 Å². The molecule has 0 spiro atoms. The van der Waals surface area contributed by atoms with Crippen LogP contribution in [0.1, 0.15) is 12.5 Å². The summed E-state index contributed by atoms with van der Waals surface area (Å²) in [6, 6.07) is 8.54. The molecule has 0 nitrogen and oxygen atoms in total. The molecule has 1 rings (SSSR count). The van der Waals surface area contributed by atoms with Gasteiger partial charge in [0.15, 0.2) is 0 Å². The van der Waals surface area contributed by atoms with Crippen LogP contribution in [0.15, 0.2) is 24.3 Å². The maximum absolute atomic E-state index is 6.21. The average Bonchev–Trinajstić information content (AvgIpc) is 2.03. The molecule has 60 valence electrons.